The first kappa shape index (κ1) is 10.4. The van der Waals surface area contributed by atoms with Gasteiger partial charge in [-0.15, -0.1) is 0 Å². The first-order chi connectivity index (χ1) is 5.11. The van der Waals surface area contributed by atoms with Crippen molar-refractivity contribution in [2.24, 2.45) is 11.7 Å². The van der Waals surface area contributed by atoms with Gasteiger partial charge in [-0.2, -0.15) is 0 Å². The summed E-state index contributed by atoms with van der Waals surface area (Å²) in [6.45, 7) is 6.44. The highest BCUT2D eigenvalue weighted by Gasteiger charge is 2.02. The molecule has 0 radical (unpaired) electrons. The third kappa shape index (κ3) is 3.94. The molecule has 64 valence electrons. The fraction of sp³-hybridized carbons (Fsp3) is 0.667. The molecule has 0 aromatic heterocycles. The third-order valence-electron chi connectivity index (χ3n) is 1.87. The molecule has 0 rings (SSSR count). The summed E-state index contributed by atoms with van der Waals surface area (Å²) in [5.41, 5.74) is 6.52. The fourth-order valence-electron chi connectivity index (χ4n) is 0.684. The minimum atomic E-state index is 0.183. The van der Waals surface area contributed by atoms with Crippen LogP contribution in [0.1, 0.15) is 27.2 Å². The zero-order valence-corrected chi connectivity index (χ0v) is 7.55. The predicted molar refractivity (Wildman–Crippen MR) is 47.3 cm³/mol. The van der Waals surface area contributed by atoms with Crippen molar-refractivity contribution in [2.75, 3.05) is 6.54 Å². The predicted octanol–water partition coefficient (Wildman–Crippen LogP) is 1.51. The molecule has 1 atom stereocenters. The van der Waals surface area contributed by atoms with Gasteiger partial charge in [0.15, 0.2) is 5.78 Å². The van der Waals surface area contributed by atoms with Gasteiger partial charge in [0, 0.05) is 6.42 Å². The second kappa shape index (κ2) is 5.08. The maximum absolute atomic E-state index is 10.9. The molecule has 0 aliphatic rings. The number of carbonyl (C=O) groups is 1. The molecule has 0 saturated heterocycles. The van der Waals surface area contributed by atoms with Gasteiger partial charge in [-0.1, -0.05) is 19.4 Å². The van der Waals surface area contributed by atoms with Crippen LogP contribution < -0.4 is 5.73 Å². The zero-order chi connectivity index (χ0) is 8.85. The minimum absolute atomic E-state index is 0.183. The number of ketones is 1. The molecule has 0 spiro atoms. The molecule has 2 nitrogen and oxygen atoms in total. The molecule has 0 unspecified atom stereocenters. The van der Waals surface area contributed by atoms with Crippen LogP contribution in [0.25, 0.3) is 0 Å². The van der Waals surface area contributed by atoms with Gasteiger partial charge in [0.2, 0.25) is 0 Å². The van der Waals surface area contributed by atoms with Crippen molar-refractivity contribution >= 4 is 5.78 Å². The Bertz CT molecular complexity index is 161. The molecule has 0 aliphatic carbocycles. The van der Waals surface area contributed by atoms with Gasteiger partial charge in [0.05, 0.1) is 0 Å². The van der Waals surface area contributed by atoms with Crippen LogP contribution in [0.5, 0.6) is 0 Å². The summed E-state index contributed by atoms with van der Waals surface area (Å²) in [7, 11) is 0. The summed E-state index contributed by atoms with van der Waals surface area (Å²) in [6.07, 6.45) is 2.27. The van der Waals surface area contributed by atoms with Crippen molar-refractivity contribution in [3.8, 4) is 0 Å². The lowest BCUT2D eigenvalue weighted by atomic mass is 10.0. The van der Waals surface area contributed by atoms with E-state index in [1.807, 2.05) is 20.8 Å². The Kier molecular flexibility index (Phi) is 4.79. The van der Waals surface area contributed by atoms with E-state index < -0.39 is 0 Å². The molecule has 0 aromatic carbocycles. The molecular weight excluding hydrogens is 138 g/mol. The highest BCUT2D eigenvalue weighted by Crippen LogP contribution is 2.07. The SMILES string of the molecule is CCC(=O)/C=C(\C)[C@H](C)CN. The Morgan fingerprint density at radius 2 is 2.18 bits per heavy atom. The lowest BCUT2D eigenvalue weighted by molar-refractivity contribution is -0.114. The third-order valence-corrected chi connectivity index (χ3v) is 1.87. The van der Waals surface area contributed by atoms with Crippen LogP contribution in [0.2, 0.25) is 0 Å². The Hall–Kier alpha value is -0.630. The molecular formula is C9H17NO. The molecule has 0 aromatic rings. The summed E-state index contributed by atoms with van der Waals surface area (Å²) < 4.78 is 0. The van der Waals surface area contributed by atoms with Crippen LogP contribution in [0.4, 0.5) is 0 Å². The van der Waals surface area contributed by atoms with Crippen LogP contribution in [0.3, 0.4) is 0 Å². The topological polar surface area (TPSA) is 43.1 Å². The molecule has 0 bridgehead atoms. The fourth-order valence-corrected chi connectivity index (χ4v) is 0.684. The number of allylic oxidation sites excluding steroid dienone is 1. The Balaban J connectivity index is 4.09. The van der Waals surface area contributed by atoms with Gasteiger partial charge in [0.1, 0.15) is 0 Å². The Morgan fingerprint density at radius 3 is 2.55 bits per heavy atom. The average molecular weight is 155 g/mol. The van der Waals surface area contributed by atoms with Crippen molar-refractivity contribution in [2.45, 2.75) is 27.2 Å². The number of nitrogens with two attached hydrogens (primary N) is 1. The van der Waals surface area contributed by atoms with Crippen molar-refractivity contribution < 1.29 is 4.79 Å². The molecule has 0 fully saturated rings. The lowest BCUT2D eigenvalue weighted by Crippen LogP contribution is -2.12. The molecule has 11 heavy (non-hydrogen) atoms. The lowest BCUT2D eigenvalue weighted by Gasteiger charge is -2.07. The molecule has 0 heterocycles. The van der Waals surface area contributed by atoms with E-state index in [9.17, 15) is 4.79 Å². The number of carbonyl (C=O) groups excluding carboxylic acids is 1. The largest absolute Gasteiger partial charge is 0.330 e. The summed E-state index contributed by atoms with van der Waals surface area (Å²) in [5.74, 6) is 0.508. The molecule has 0 amide bonds. The van der Waals surface area contributed by atoms with Crippen molar-refractivity contribution in [1.82, 2.24) is 0 Å². The smallest absolute Gasteiger partial charge is 0.155 e. The van der Waals surface area contributed by atoms with Crippen LogP contribution in [0.15, 0.2) is 11.6 Å². The van der Waals surface area contributed by atoms with Gasteiger partial charge in [-0.3, -0.25) is 4.79 Å². The maximum Gasteiger partial charge on any atom is 0.155 e. The normalized spacial score (nSPS) is 14.7. The standard InChI is InChI=1S/C9H17NO/c1-4-9(11)5-7(2)8(3)6-10/h5,8H,4,6,10H2,1-3H3/b7-5+/t8-/m1/s1. The van der Waals surface area contributed by atoms with E-state index in [-0.39, 0.29) is 5.78 Å². The van der Waals surface area contributed by atoms with E-state index in [1.165, 1.54) is 0 Å². The number of rotatable bonds is 4. The highest BCUT2D eigenvalue weighted by atomic mass is 16.1. The monoisotopic (exact) mass is 155 g/mol. The van der Waals surface area contributed by atoms with Crippen LogP contribution in [-0.2, 0) is 4.79 Å². The number of hydrogen-bond acceptors (Lipinski definition) is 2. The summed E-state index contributed by atoms with van der Waals surface area (Å²) in [5, 5.41) is 0. The van der Waals surface area contributed by atoms with E-state index in [0.717, 1.165) is 5.57 Å². The van der Waals surface area contributed by atoms with Gasteiger partial charge in [0.25, 0.3) is 0 Å². The molecule has 2 heteroatoms. The van der Waals surface area contributed by atoms with Crippen molar-refractivity contribution in [3.05, 3.63) is 11.6 Å². The first-order valence-corrected chi connectivity index (χ1v) is 4.02. The second-order valence-electron chi connectivity index (χ2n) is 2.84. The van der Waals surface area contributed by atoms with E-state index in [0.29, 0.717) is 18.9 Å². The Labute approximate surface area is 68.5 Å². The van der Waals surface area contributed by atoms with E-state index >= 15 is 0 Å². The average Bonchev–Trinajstić information content (AvgIpc) is 2.02. The second-order valence-corrected chi connectivity index (χ2v) is 2.84. The van der Waals surface area contributed by atoms with E-state index in [4.69, 9.17) is 5.73 Å². The van der Waals surface area contributed by atoms with Gasteiger partial charge >= 0.3 is 0 Å². The van der Waals surface area contributed by atoms with Crippen molar-refractivity contribution in [1.29, 1.82) is 0 Å². The Morgan fingerprint density at radius 1 is 1.64 bits per heavy atom. The molecule has 2 N–H and O–H groups in total. The summed E-state index contributed by atoms with van der Waals surface area (Å²) in [6, 6.07) is 0. The van der Waals surface area contributed by atoms with E-state index in [2.05, 4.69) is 0 Å². The quantitative estimate of drug-likeness (QED) is 0.625. The van der Waals surface area contributed by atoms with Crippen LogP contribution >= 0.6 is 0 Å². The van der Waals surface area contributed by atoms with Gasteiger partial charge in [-0.05, 0) is 25.5 Å². The van der Waals surface area contributed by atoms with E-state index in [1.54, 1.807) is 6.08 Å². The molecule has 0 aliphatic heterocycles. The first-order valence-electron chi connectivity index (χ1n) is 4.02. The maximum atomic E-state index is 10.9. The van der Waals surface area contributed by atoms with Crippen molar-refractivity contribution in [3.63, 3.8) is 0 Å². The van der Waals surface area contributed by atoms with Crippen LogP contribution in [0, 0.1) is 5.92 Å². The van der Waals surface area contributed by atoms with Gasteiger partial charge < -0.3 is 5.73 Å². The molecule has 0 saturated carbocycles. The zero-order valence-electron chi connectivity index (χ0n) is 7.55. The number of hydrogen-bond donors (Lipinski definition) is 1. The van der Waals surface area contributed by atoms with Crippen LogP contribution in [-0.4, -0.2) is 12.3 Å². The van der Waals surface area contributed by atoms with Gasteiger partial charge in [-0.25, -0.2) is 0 Å². The summed E-state index contributed by atoms with van der Waals surface area (Å²) >= 11 is 0. The highest BCUT2D eigenvalue weighted by molar-refractivity contribution is 5.89. The minimum Gasteiger partial charge on any atom is -0.330 e. The summed E-state index contributed by atoms with van der Waals surface area (Å²) in [4.78, 5) is 10.9.